The van der Waals surface area contributed by atoms with E-state index in [0.717, 1.165) is 64.2 Å². The van der Waals surface area contributed by atoms with Gasteiger partial charge >= 0.3 is 17.9 Å². The normalized spacial score (nSPS) is 13.0. The molecular formula is C71H132NO8+. The monoisotopic (exact) mass is 1130 g/mol. The minimum atomic E-state index is -1.51. The second-order valence-corrected chi connectivity index (χ2v) is 24.5. The summed E-state index contributed by atoms with van der Waals surface area (Å²) in [6.45, 7) is 4.82. The van der Waals surface area contributed by atoms with Crippen molar-refractivity contribution in [3.63, 3.8) is 0 Å². The Morgan fingerprint density at radius 1 is 0.388 bits per heavy atom. The largest absolute Gasteiger partial charge is 0.477 e. The number of carboxylic acid groups (broad SMARTS) is 1. The molecule has 0 heterocycles. The lowest BCUT2D eigenvalue weighted by Crippen LogP contribution is -2.40. The Balaban J connectivity index is 4.08. The van der Waals surface area contributed by atoms with Crippen LogP contribution in [-0.2, 0) is 33.3 Å². The molecule has 9 heteroatoms. The van der Waals surface area contributed by atoms with Crippen LogP contribution >= 0.6 is 0 Å². The molecule has 0 aliphatic carbocycles. The molecule has 0 saturated heterocycles. The first kappa shape index (κ1) is 77.2. The second kappa shape index (κ2) is 62.3. The summed E-state index contributed by atoms with van der Waals surface area (Å²) in [5.41, 5.74) is 0. The van der Waals surface area contributed by atoms with Gasteiger partial charge in [0, 0.05) is 12.8 Å². The third-order valence-electron chi connectivity index (χ3n) is 15.3. The van der Waals surface area contributed by atoms with Crippen LogP contribution in [0.15, 0.2) is 48.6 Å². The van der Waals surface area contributed by atoms with Crippen molar-refractivity contribution in [2.45, 2.75) is 341 Å². The number of nitrogens with zero attached hydrogens (tertiary/aromatic N) is 1. The highest BCUT2D eigenvalue weighted by molar-refractivity contribution is 5.71. The van der Waals surface area contributed by atoms with Crippen LogP contribution < -0.4 is 0 Å². The molecule has 0 amide bonds. The number of aliphatic carboxylic acids is 1. The molecule has 0 spiro atoms. The van der Waals surface area contributed by atoms with E-state index < -0.39 is 24.3 Å². The minimum Gasteiger partial charge on any atom is -0.477 e. The number of carbonyl (C=O) groups is 3. The van der Waals surface area contributed by atoms with E-state index in [0.29, 0.717) is 17.4 Å². The summed E-state index contributed by atoms with van der Waals surface area (Å²) in [5, 5.41) is 9.74. The van der Waals surface area contributed by atoms with Gasteiger partial charge in [-0.15, -0.1) is 0 Å². The number of rotatable bonds is 64. The summed E-state index contributed by atoms with van der Waals surface area (Å²) in [7, 11) is 5.98. The van der Waals surface area contributed by atoms with Gasteiger partial charge in [-0.25, -0.2) is 4.79 Å². The van der Waals surface area contributed by atoms with E-state index in [-0.39, 0.29) is 32.2 Å². The molecule has 0 aliphatic rings. The van der Waals surface area contributed by atoms with E-state index in [1.165, 1.54) is 238 Å². The van der Waals surface area contributed by atoms with Gasteiger partial charge < -0.3 is 28.5 Å². The van der Waals surface area contributed by atoms with E-state index in [4.69, 9.17) is 18.9 Å². The molecule has 0 aromatic carbocycles. The zero-order valence-corrected chi connectivity index (χ0v) is 53.5. The van der Waals surface area contributed by atoms with Gasteiger partial charge in [-0.3, -0.25) is 9.59 Å². The van der Waals surface area contributed by atoms with Gasteiger partial charge in [0.15, 0.2) is 6.10 Å². The van der Waals surface area contributed by atoms with Crippen molar-refractivity contribution in [3.8, 4) is 0 Å². The van der Waals surface area contributed by atoms with Crippen LogP contribution in [0.3, 0.4) is 0 Å². The maximum Gasteiger partial charge on any atom is 0.361 e. The summed E-state index contributed by atoms with van der Waals surface area (Å²) < 4.78 is 23.0. The van der Waals surface area contributed by atoms with Crippen molar-refractivity contribution in [2.75, 3.05) is 47.5 Å². The lowest BCUT2D eigenvalue weighted by molar-refractivity contribution is -0.870. The maximum absolute atomic E-state index is 12.9. The number of esters is 2. The third kappa shape index (κ3) is 62.8. The molecule has 0 saturated carbocycles. The number of hydrogen-bond donors (Lipinski definition) is 1. The van der Waals surface area contributed by atoms with Crippen LogP contribution in [0, 0.1) is 0 Å². The molecule has 0 fully saturated rings. The fourth-order valence-corrected chi connectivity index (χ4v) is 10.1. The fourth-order valence-electron chi connectivity index (χ4n) is 10.1. The number of allylic oxidation sites excluding steroid dienone is 8. The molecule has 80 heavy (non-hydrogen) atoms. The van der Waals surface area contributed by atoms with Crippen LogP contribution in [0.2, 0.25) is 0 Å². The standard InChI is InChI=1S/C71H131NO8/c1-6-8-10-12-14-16-18-20-22-24-26-28-30-32-33-34-35-36-38-39-41-43-45-47-49-51-53-55-57-59-61-68(73)78-65-67(66-79-71(70(75)76)77-64-63-72(3,4)5)80-69(74)62-60-58-56-54-52-50-48-46-44-42-40-37-31-29-27-25-23-21-19-17-15-13-11-9-7-2/h9,11,15,17,21,23,27,29,67,71H,6-8,10,12-14,16,18-20,22,24-26,28,30-66H2,1-5H3/p+1/b11-9-,17-15-,23-21-,29-27-. The molecule has 9 nitrogen and oxygen atoms in total. The van der Waals surface area contributed by atoms with Crippen LogP contribution in [0.4, 0.5) is 0 Å². The Labute approximate surface area is 495 Å². The van der Waals surface area contributed by atoms with Crippen molar-refractivity contribution >= 4 is 17.9 Å². The Kier molecular flexibility index (Phi) is 60.2. The van der Waals surface area contributed by atoms with Crippen LogP contribution in [0.1, 0.15) is 328 Å². The molecule has 0 aromatic heterocycles. The molecule has 0 aromatic rings. The zero-order valence-electron chi connectivity index (χ0n) is 53.5. The lowest BCUT2D eigenvalue weighted by Gasteiger charge is -2.25. The molecule has 0 radical (unpaired) electrons. The Bertz CT molecular complexity index is 1450. The molecule has 468 valence electrons. The zero-order chi connectivity index (χ0) is 58.3. The van der Waals surface area contributed by atoms with Crippen molar-refractivity contribution in [3.05, 3.63) is 48.6 Å². The number of carbonyl (C=O) groups excluding carboxylic acids is 2. The molecular weight excluding hydrogens is 995 g/mol. The fraction of sp³-hybridized carbons (Fsp3) is 0.845. The highest BCUT2D eigenvalue weighted by atomic mass is 16.7. The topological polar surface area (TPSA) is 108 Å². The quantitative estimate of drug-likeness (QED) is 0.0211. The van der Waals surface area contributed by atoms with Crippen LogP contribution in [0.5, 0.6) is 0 Å². The van der Waals surface area contributed by atoms with Crippen molar-refractivity contribution in [2.24, 2.45) is 0 Å². The van der Waals surface area contributed by atoms with Gasteiger partial charge in [0.05, 0.1) is 34.4 Å². The van der Waals surface area contributed by atoms with Gasteiger partial charge in [0.1, 0.15) is 13.2 Å². The van der Waals surface area contributed by atoms with Gasteiger partial charge in [-0.2, -0.15) is 0 Å². The highest BCUT2D eigenvalue weighted by Gasteiger charge is 2.25. The molecule has 0 rings (SSSR count). The second-order valence-electron chi connectivity index (χ2n) is 24.5. The van der Waals surface area contributed by atoms with Crippen LogP contribution in [-0.4, -0.2) is 87.4 Å². The summed E-state index contributed by atoms with van der Waals surface area (Å²) in [5.74, 6) is -1.99. The van der Waals surface area contributed by atoms with E-state index in [2.05, 4.69) is 62.5 Å². The SMILES string of the molecule is CC/C=C\C/C=C\C/C=C\C/C=C\CCCCCCCCCCCCCCC(=O)OC(COC(=O)CCCCCCCCCCCCCCCCCCCCCCCCCCCCCCCC)COC(OCC[N+](C)(C)C)C(=O)O. The van der Waals surface area contributed by atoms with Crippen molar-refractivity contribution < 1.29 is 42.9 Å². The Hall–Kier alpha value is -2.75. The third-order valence-corrected chi connectivity index (χ3v) is 15.3. The van der Waals surface area contributed by atoms with Crippen LogP contribution in [0.25, 0.3) is 0 Å². The minimum absolute atomic E-state index is 0.179. The van der Waals surface area contributed by atoms with Gasteiger partial charge in [0.25, 0.3) is 6.29 Å². The smallest absolute Gasteiger partial charge is 0.361 e. The molecule has 2 atom stereocenters. The van der Waals surface area contributed by atoms with E-state index in [9.17, 15) is 19.5 Å². The van der Waals surface area contributed by atoms with E-state index >= 15 is 0 Å². The van der Waals surface area contributed by atoms with Crippen molar-refractivity contribution in [1.29, 1.82) is 0 Å². The Morgan fingerprint density at radius 2 is 0.713 bits per heavy atom. The average molecular weight is 1130 g/mol. The molecule has 1 N–H and O–H groups in total. The lowest BCUT2D eigenvalue weighted by atomic mass is 10.0. The average Bonchev–Trinajstić information content (AvgIpc) is 3.43. The first-order valence-corrected chi connectivity index (χ1v) is 34.3. The number of unbranched alkanes of at least 4 members (excludes halogenated alkanes) is 41. The van der Waals surface area contributed by atoms with Gasteiger partial charge in [0.2, 0.25) is 0 Å². The first-order chi connectivity index (χ1) is 39.1. The number of ether oxygens (including phenoxy) is 4. The number of quaternary nitrogens is 1. The maximum atomic E-state index is 12.9. The predicted octanol–water partition coefficient (Wildman–Crippen LogP) is 21.0. The van der Waals surface area contributed by atoms with E-state index in [1.54, 1.807) is 0 Å². The highest BCUT2D eigenvalue weighted by Crippen LogP contribution is 2.19. The molecule has 0 aliphatic heterocycles. The molecule has 2 unspecified atom stereocenters. The number of carboxylic acids is 1. The Morgan fingerprint density at radius 3 is 1.06 bits per heavy atom. The summed E-state index contributed by atoms with van der Waals surface area (Å²) in [4.78, 5) is 37.6. The van der Waals surface area contributed by atoms with Gasteiger partial charge in [-0.05, 0) is 51.4 Å². The van der Waals surface area contributed by atoms with E-state index in [1.807, 2.05) is 21.1 Å². The first-order valence-electron chi connectivity index (χ1n) is 34.3. The summed E-state index contributed by atoms with van der Waals surface area (Å²) in [6.07, 6.45) is 76.5. The van der Waals surface area contributed by atoms with Gasteiger partial charge in [-0.1, -0.05) is 313 Å². The number of likely N-dealkylation sites (N-methyl/N-ethyl adjacent to an activating group) is 1. The number of hydrogen-bond acceptors (Lipinski definition) is 7. The summed E-state index contributed by atoms with van der Waals surface area (Å²) in [6, 6.07) is 0. The predicted molar refractivity (Wildman–Crippen MR) is 341 cm³/mol. The molecule has 0 bridgehead atoms. The summed E-state index contributed by atoms with van der Waals surface area (Å²) >= 11 is 0. The van der Waals surface area contributed by atoms with Crippen molar-refractivity contribution in [1.82, 2.24) is 0 Å².